The molecule has 84 valence electrons. The van der Waals surface area contributed by atoms with E-state index in [9.17, 15) is 0 Å². The first-order chi connectivity index (χ1) is 7.74. The maximum atomic E-state index is 5.82. The Morgan fingerprint density at radius 3 is 3.19 bits per heavy atom. The van der Waals surface area contributed by atoms with Crippen LogP contribution in [0.25, 0.3) is 0 Å². The van der Waals surface area contributed by atoms with Crippen LogP contribution in [0.3, 0.4) is 0 Å². The number of benzene rings is 1. The second-order valence-corrected chi connectivity index (χ2v) is 5.92. The summed E-state index contributed by atoms with van der Waals surface area (Å²) in [6, 6.07) is 6.17. The van der Waals surface area contributed by atoms with Gasteiger partial charge in [0, 0.05) is 29.0 Å². The average Bonchev–Trinajstić information content (AvgIpc) is 2.81. The molecule has 1 unspecified atom stereocenters. The third kappa shape index (κ3) is 1.72. The Balaban J connectivity index is 1.94. The zero-order valence-corrected chi connectivity index (χ0v) is 11.1. The van der Waals surface area contributed by atoms with Gasteiger partial charge in [0.05, 0.1) is 6.04 Å². The van der Waals surface area contributed by atoms with E-state index in [2.05, 4.69) is 20.8 Å². The summed E-state index contributed by atoms with van der Waals surface area (Å²) in [5.41, 5.74) is 7.82. The molecule has 1 atom stereocenters. The Labute approximate surface area is 107 Å². The number of thioether (sulfide) groups is 1. The van der Waals surface area contributed by atoms with E-state index < -0.39 is 0 Å². The van der Waals surface area contributed by atoms with Crippen LogP contribution in [0.2, 0.25) is 0 Å². The zero-order valence-electron chi connectivity index (χ0n) is 8.69. The molecule has 1 saturated heterocycles. The van der Waals surface area contributed by atoms with Crippen LogP contribution < -0.4 is 5.73 Å². The van der Waals surface area contributed by atoms with E-state index in [4.69, 9.17) is 10.7 Å². The van der Waals surface area contributed by atoms with E-state index in [1.807, 2.05) is 30.0 Å². The van der Waals surface area contributed by atoms with Gasteiger partial charge in [0.25, 0.3) is 0 Å². The number of fused-ring (bicyclic) bond motifs is 1. The minimum absolute atomic E-state index is 0.237. The summed E-state index contributed by atoms with van der Waals surface area (Å²) in [6.45, 7) is 2.12. The lowest BCUT2D eigenvalue weighted by Gasteiger charge is -2.14. The number of hydrogen-bond acceptors (Lipinski definition) is 4. The Hall–Kier alpha value is -0.680. The van der Waals surface area contributed by atoms with E-state index in [1.54, 1.807) is 0 Å². The molecule has 1 aromatic carbocycles. The molecule has 16 heavy (non-hydrogen) atoms. The lowest BCUT2D eigenvalue weighted by molar-refractivity contribution is 0.463. The van der Waals surface area contributed by atoms with Gasteiger partial charge in [-0.3, -0.25) is 4.99 Å². The van der Waals surface area contributed by atoms with Crippen molar-refractivity contribution >= 4 is 38.5 Å². The summed E-state index contributed by atoms with van der Waals surface area (Å²) in [4.78, 5) is 7.09. The van der Waals surface area contributed by atoms with Crippen LogP contribution >= 0.6 is 27.7 Å². The van der Waals surface area contributed by atoms with Gasteiger partial charge >= 0.3 is 0 Å². The van der Waals surface area contributed by atoms with Gasteiger partial charge in [-0.25, -0.2) is 0 Å². The van der Waals surface area contributed by atoms with Crippen molar-refractivity contribution < 1.29 is 0 Å². The van der Waals surface area contributed by atoms with Crippen molar-refractivity contribution in [2.75, 3.05) is 24.6 Å². The molecule has 3 nitrogen and oxygen atoms in total. The van der Waals surface area contributed by atoms with E-state index in [0.29, 0.717) is 0 Å². The predicted molar refractivity (Wildman–Crippen MR) is 72.8 cm³/mol. The highest BCUT2D eigenvalue weighted by atomic mass is 79.9. The lowest BCUT2D eigenvalue weighted by atomic mass is 10.1. The number of amidine groups is 1. The second-order valence-electron chi connectivity index (χ2n) is 4.00. The van der Waals surface area contributed by atoms with Gasteiger partial charge in [0.15, 0.2) is 5.17 Å². The smallest absolute Gasteiger partial charge is 0.160 e. The molecule has 2 aliphatic heterocycles. The van der Waals surface area contributed by atoms with Crippen molar-refractivity contribution in [2.24, 2.45) is 4.99 Å². The molecule has 2 aliphatic rings. The molecule has 1 fully saturated rings. The van der Waals surface area contributed by atoms with Gasteiger partial charge in [0.2, 0.25) is 0 Å². The molecule has 0 amide bonds. The van der Waals surface area contributed by atoms with E-state index >= 15 is 0 Å². The molecule has 0 aromatic heterocycles. The summed E-state index contributed by atoms with van der Waals surface area (Å²) in [5.74, 6) is 1.17. The van der Waals surface area contributed by atoms with Crippen LogP contribution in [-0.4, -0.2) is 28.9 Å². The van der Waals surface area contributed by atoms with Crippen molar-refractivity contribution in [1.82, 2.24) is 4.90 Å². The molecule has 0 saturated carbocycles. The number of nitrogen functional groups attached to an aromatic ring is 1. The molecule has 0 bridgehead atoms. The monoisotopic (exact) mass is 297 g/mol. The summed E-state index contributed by atoms with van der Waals surface area (Å²) < 4.78 is 1.10. The first-order valence-corrected chi connectivity index (χ1v) is 7.02. The van der Waals surface area contributed by atoms with E-state index in [0.717, 1.165) is 23.2 Å². The van der Waals surface area contributed by atoms with E-state index in [1.165, 1.54) is 16.5 Å². The number of anilines is 1. The van der Waals surface area contributed by atoms with Crippen molar-refractivity contribution in [3.05, 3.63) is 28.2 Å². The summed E-state index contributed by atoms with van der Waals surface area (Å²) in [5, 5.41) is 1.19. The molecule has 2 N–H and O–H groups in total. The SMILES string of the molecule is Nc1ccc(Br)c(C2CN3CCSC3=N2)c1. The number of nitrogens with two attached hydrogens (primary N) is 1. The Bertz CT molecular complexity index is 461. The molecule has 0 aliphatic carbocycles. The maximum Gasteiger partial charge on any atom is 0.160 e. The minimum atomic E-state index is 0.237. The van der Waals surface area contributed by atoms with Crippen molar-refractivity contribution in [1.29, 1.82) is 0 Å². The first-order valence-electron chi connectivity index (χ1n) is 5.24. The maximum absolute atomic E-state index is 5.82. The fourth-order valence-electron chi connectivity index (χ4n) is 2.09. The molecule has 0 radical (unpaired) electrons. The average molecular weight is 298 g/mol. The third-order valence-corrected chi connectivity index (χ3v) is 4.63. The van der Waals surface area contributed by atoms with Crippen LogP contribution in [0.5, 0.6) is 0 Å². The standard InChI is InChI=1S/C11H12BrN3S/c12-9-2-1-7(13)5-8(9)10-6-15-3-4-16-11(15)14-10/h1-2,5,10H,3-4,6,13H2. The van der Waals surface area contributed by atoms with Crippen molar-refractivity contribution in [3.63, 3.8) is 0 Å². The number of hydrogen-bond donors (Lipinski definition) is 1. The van der Waals surface area contributed by atoms with Gasteiger partial charge in [-0.2, -0.15) is 0 Å². The normalized spacial score (nSPS) is 23.4. The molecule has 3 rings (SSSR count). The number of rotatable bonds is 1. The Morgan fingerprint density at radius 1 is 1.50 bits per heavy atom. The second kappa shape index (κ2) is 3.96. The van der Waals surface area contributed by atoms with Crippen LogP contribution in [0.15, 0.2) is 27.7 Å². The Morgan fingerprint density at radius 2 is 2.38 bits per heavy atom. The number of nitrogens with zero attached hydrogens (tertiary/aromatic N) is 2. The number of aliphatic imine (C=N–C) groups is 1. The van der Waals surface area contributed by atoms with E-state index in [-0.39, 0.29) is 6.04 Å². The predicted octanol–water partition coefficient (Wildman–Crippen LogP) is 2.49. The first kappa shape index (κ1) is 10.5. The summed E-state index contributed by atoms with van der Waals surface area (Å²) >= 11 is 5.42. The lowest BCUT2D eigenvalue weighted by Crippen LogP contribution is -2.21. The molecule has 0 spiro atoms. The minimum Gasteiger partial charge on any atom is -0.399 e. The van der Waals surface area contributed by atoms with Gasteiger partial charge in [-0.15, -0.1) is 0 Å². The van der Waals surface area contributed by atoms with Gasteiger partial charge in [-0.1, -0.05) is 27.7 Å². The largest absolute Gasteiger partial charge is 0.399 e. The highest BCUT2D eigenvalue weighted by Gasteiger charge is 2.30. The van der Waals surface area contributed by atoms with Crippen LogP contribution in [0.4, 0.5) is 5.69 Å². The summed E-state index contributed by atoms with van der Waals surface area (Å²) in [6.07, 6.45) is 0. The highest BCUT2D eigenvalue weighted by Crippen LogP contribution is 2.35. The van der Waals surface area contributed by atoms with Gasteiger partial charge in [0.1, 0.15) is 0 Å². The topological polar surface area (TPSA) is 41.6 Å². The molecular formula is C11H12BrN3S. The van der Waals surface area contributed by atoms with Crippen LogP contribution in [-0.2, 0) is 0 Å². The third-order valence-electron chi connectivity index (χ3n) is 2.90. The fraction of sp³-hybridized carbons (Fsp3) is 0.364. The van der Waals surface area contributed by atoms with Crippen LogP contribution in [0.1, 0.15) is 11.6 Å². The zero-order chi connectivity index (χ0) is 11.1. The molecule has 1 aromatic rings. The number of halogens is 1. The fourth-order valence-corrected chi connectivity index (χ4v) is 3.65. The van der Waals surface area contributed by atoms with Gasteiger partial charge in [-0.05, 0) is 23.8 Å². The van der Waals surface area contributed by atoms with Gasteiger partial charge < -0.3 is 10.6 Å². The quantitative estimate of drug-likeness (QED) is 0.810. The van der Waals surface area contributed by atoms with Crippen molar-refractivity contribution in [3.8, 4) is 0 Å². The molecule has 5 heteroatoms. The molecule has 2 heterocycles. The summed E-state index contributed by atoms with van der Waals surface area (Å²) in [7, 11) is 0. The highest BCUT2D eigenvalue weighted by molar-refractivity contribution is 9.10. The Kier molecular flexibility index (Phi) is 2.59. The molecular weight excluding hydrogens is 286 g/mol. The van der Waals surface area contributed by atoms with Crippen LogP contribution in [0, 0.1) is 0 Å². The van der Waals surface area contributed by atoms with Crippen molar-refractivity contribution in [2.45, 2.75) is 6.04 Å².